The lowest BCUT2D eigenvalue weighted by molar-refractivity contribution is -0.139. The van der Waals surface area contributed by atoms with Crippen molar-refractivity contribution in [2.24, 2.45) is 0 Å². The molecule has 0 aliphatic carbocycles. The Hall–Kier alpha value is -1.99. The number of nitrogen functional groups attached to an aromatic ring is 1. The van der Waals surface area contributed by atoms with Gasteiger partial charge in [-0.2, -0.15) is 13.2 Å². The SMILES string of the molecule is COC(=O)c1ccc(N)c(OCCC(F)(F)F)n1. The number of hydrogen-bond donors (Lipinski definition) is 1. The summed E-state index contributed by atoms with van der Waals surface area (Å²) >= 11 is 0. The molecule has 1 rings (SSSR count). The van der Waals surface area contributed by atoms with Crippen LogP contribution in [0.3, 0.4) is 0 Å². The summed E-state index contributed by atoms with van der Waals surface area (Å²) in [6.07, 6.45) is -5.45. The number of aromatic nitrogens is 1. The molecular weight excluding hydrogens is 253 g/mol. The van der Waals surface area contributed by atoms with Crippen molar-refractivity contribution < 1.29 is 27.4 Å². The van der Waals surface area contributed by atoms with E-state index in [-0.39, 0.29) is 17.3 Å². The second kappa shape index (κ2) is 5.56. The van der Waals surface area contributed by atoms with E-state index < -0.39 is 25.2 Å². The second-order valence-electron chi connectivity index (χ2n) is 3.30. The van der Waals surface area contributed by atoms with Crippen LogP contribution in [-0.2, 0) is 4.74 Å². The summed E-state index contributed by atoms with van der Waals surface area (Å²) in [5.41, 5.74) is 5.42. The van der Waals surface area contributed by atoms with Crippen molar-refractivity contribution in [2.45, 2.75) is 12.6 Å². The number of nitrogens with two attached hydrogens (primary N) is 1. The van der Waals surface area contributed by atoms with Crippen LogP contribution in [0.1, 0.15) is 16.9 Å². The maximum atomic E-state index is 11.9. The zero-order valence-electron chi connectivity index (χ0n) is 9.45. The molecule has 1 aromatic rings. The van der Waals surface area contributed by atoms with E-state index in [1.807, 2.05) is 0 Å². The Balaban J connectivity index is 2.73. The number of hydrogen-bond acceptors (Lipinski definition) is 5. The lowest BCUT2D eigenvalue weighted by Gasteiger charge is -2.10. The third-order valence-electron chi connectivity index (χ3n) is 1.91. The molecular formula is C10H11F3N2O3. The summed E-state index contributed by atoms with van der Waals surface area (Å²) in [5.74, 6) is -0.946. The second-order valence-corrected chi connectivity index (χ2v) is 3.30. The monoisotopic (exact) mass is 264 g/mol. The number of carbonyl (C=O) groups is 1. The fourth-order valence-electron chi connectivity index (χ4n) is 1.05. The van der Waals surface area contributed by atoms with Gasteiger partial charge in [0, 0.05) is 0 Å². The first-order valence-electron chi connectivity index (χ1n) is 4.88. The normalized spacial score (nSPS) is 11.1. The molecule has 0 aliphatic rings. The third-order valence-corrected chi connectivity index (χ3v) is 1.91. The van der Waals surface area contributed by atoms with E-state index in [4.69, 9.17) is 10.5 Å². The number of pyridine rings is 1. The largest absolute Gasteiger partial charge is 0.476 e. The third kappa shape index (κ3) is 4.11. The van der Waals surface area contributed by atoms with Crippen LogP contribution in [0.5, 0.6) is 5.88 Å². The average molecular weight is 264 g/mol. The number of carbonyl (C=O) groups excluding carboxylic acids is 1. The highest BCUT2D eigenvalue weighted by Crippen LogP contribution is 2.22. The van der Waals surface area contributed by atoms with Crippen molar-refractivity contribution in [3.63, 3.8) is 0 Å². The predicted molar refractivity (Wildman–Crippen MR) is 56.2 cm³/mol. The Bertz CT molecular complexity index is 435. The molecule has 0 fully saturated rings. The Kier molecular flexibility index (Phi) is 4.35. The number of methoxy groups -OCH3 is 1. The van der Waals surface area contributed by atoms with Crippen LogP contribution in [-0.4, -0.2) is 30.8 Å². The molecule has 0 bridgehead atoms. The number of halogens is 3. The zero-order valence-corrected chi connectivity index (χ0v) is 9.45. The van der Waals surface area contributed by atoms with Gasteiger partial charge in [-0.1, -0.05) is 0 Å². The van der Waals surface area contributed by atoms with Crippen molar-refractivity contribution in [1.29, 1.82) is 0 Å². The van der Waals surface area contributed by atoms with Gasteiger partial charge in [-0.25, -0.2) is 9.78 Å². The van der Waals surface area contributed by atoms with Crippen LogP contribution in [0.4, 0.5) is 18.9 Å². The first-order valence-corrected chi connectivity index (χ1v) is 4.88. The minimum atomic E-state index is -4.32. The molecule has 0 saturated heterocycles. The van der Waals surface area contributed by atoms with Crippen LogP contribution in [0.15, 0.2) is 12.1 Å². The molecule has 1 aromatic heterocycles. The van der Waals surface area contributed by atoms with E-state index in [1.165, 1.54) is 12.1 Å². The van der Waals surface area contributed by atoms with E-state index in [0.29, 0.717) is 0 Å². The summed E-state index contributed by atoms with van der Waals surface area (Å²) < 4.78 is 44.9. The summed E-state index contributed by atoms with van der Waals surface area (Å²) in [6.45, 7) is -0.620. The Morgan fingerprint density at radius 2 is 2.11 bits per heavy atom. The molecule has 0 spiro atoms. The molecule has 100 valence electrons. The molecule has 0 aliphatic heterocycles. The van der Waals surface area contributed by atoms with Crippen molar-refractivity contribution in [2.75, 3.05) is 19.5 Å². The Morgan fingerprint density at radius 3 is 2.67 bits per heavy atom. The molecule has 0 atom stereocenters. The van der Waals surface area contributed by atoms with E-state index >= 15 is 0 Å². The van der Waals surface area contributed by atoms with Gasteiger partial charge in [0.25, 0.3) is 0 Å². The number of anilines is 1. The van der Waals surface area contributed by atoms with Crippen molar-refractivity contribution >= 4 is 11.7 Å². The van der Waals surface area contributed by atoms with E-state index in [1.54, 1.807) is 0 Å². The maximum absolute atomic E-state index is 11.9. The number of nitrogens with zero attached hydrogens (tertiary/aromatic N) is 1. The fourth-order valence-corrected chi connectivity index (χ4v) is 1.05. The first kappa shape index (κ1) is 14.1. The van der Waals surface area contributed by atoms with Gasteiger partial charge in [0.1, 0.15) is 0 Å². The van der Waals surface area contributed by atoms with Crippen LogP contribution >= 0.6 is 0 Å². The van der Waals surface area contributed by atoms with Crippen LogP contribution in [0, 0.1) is 0 Å². The summed E-state index contributed by atoms with van der Waals surface area (Å²) in [6, 6.07) is 2.60. The van der Waals surface area contributed by atoms with Crippen molar-refractivity contribution in [3.05, 3.63) is 17.8 Å². The molecule has 5 nitrogen and oxygen atoms in total. The van der Waals surface area contributed by atoms with E-state index in [2.05, 4.69) is 9.72 Å². The number of alkyl halides is 3. The molecule has 8 heteroatoms. The summed E-state index contributed by atoms with van der Waals surface area (Å²) in [5, 5.41) is 0. The smallest absolute Gasteiger partial charge is 0.392 e. The van der Waals surface area contributed by atoms with Gasteiger partial charge in [0.15, 0.2) is 5.69 Å². The van der Waals surface area contributed by atoms with Crippen molar-refractivity contribution in [1.82, 2.24) is 4.98 Å². The van der Waals surface area contributed by atoms with Gasteiger partial charge in [-0.3, -0.25) is 0 Å². The molecule has 0 saturated carbocycles. The lowest BCUT2D eigenvalue weighted by Crippen LogP contribution is -2.14. The van der Waals surface area contributed by atoms with Gasteiger partial charge in [0.2, 0.25) is 5.88 Å². The average Bonchev–Trinajstić information content (AvgIpc) is 2.29. The highest BCUT2D eigenvalue weighted by atomic mass is 19.4. The maximum Gasteiger partial charge on any atom is 0.392 e. The minimum absolute atomic E-state index is 0.0461. The van der Waals surface area contributed by atoms with E-state index in [0.717, 1.165) is 7.11 Å². The highest BCUT2D eigenvalue weighted by molar-refractivity contribution is 5.87. The molecule has 1 heterocycles. The number of rotatable bonds is 4. The van der Waals surface area contributed by atoms with Crippen LogP contribution < -0.4 is 10.5 Å². The molecule has 0 amide bonds. The quantitative estimate of drug-likeness (QED) is 0.839. The van der Waals surface area contributed by atoms with Gasteiger partial charge in [-0.15, -0.1) is 0 Å². The van der Waals surface area contributed by atoms with E-state index in [9.17, 15) is 18.0 Å². The molecule has 0 aromatic carbocycles. The zero-order chi connectivity index (χ0) is 13.8. The topological polar surface area (TPSA) is 74.4 Å². The molecule has 0 radical (unpaired) electrons. The fraction of sp³-hybridized carbons (Fsp3) is 0.400. The number of esters is 1. The van der Waals surface area contributed by atoms with Gasteiger partial charge in [-0.05, 0) is 12.1 Å². The van der Waals surface area contributed by atoms with Gasteiger partial charge < -0.3 is 15.2 Å². The van der Waals surface area contributed by atoms with Gasteiger partial charge in [0.05, 0.1) is 25.8 Å². The molecule has 2 N–H and O–H groups in total. The lowest BCUT2D eigenvalue weighted by atomic mass is 10.3. The first-order chi connectivity index (χ1) is 8.33. The number of ether oxygens (including phenoxy) is 2. The Labute approximate surface area is 101 Å². The predicted octanol–water partition coefficient (Wildman–Crippen LogP) is 1.78. The van der Waals surface area contributed by atoms with Gasteiger partial charge >= 0.3 is 12.1 Å². The standard InChI is InChI=1S/C10H11F3N2O3/c1-17-9(16)7-3-2-6(14)8(15-7)18-5-4-10(11,12)13/h2-3H,4-5,14H2,1H3. The molecule has 18 heavy (non-hydrogen) atoms. The van der Waals surface area contributed by atoms with Crippen LogP contribution in [0.2, 0.25) is 0 Å². The summed E-state index contributed by atoms with van der Waals surface area (Å²) in [7, 11) is 1.16. The van der Waals surface area contributed by atoms with Crippen LogP contribution in [0.25, 0.3) is 0 Å². The molecule has 0 unspecified atom stereocenters. The minimum Gasteiger partial charge on any atom is -0.476 e. The Morgan fingerprint density at radius 1 is 1.44 bits per heavy atom. The summed E-state index contributed by atoms with van der Waals surface area (Å²) in [4.78, 5) is 14.8. The highest BCUT2D eigenvalue weighted by Gasteiger charge is 2.27. The van der Waals surface area contributed by atoms with Crippen molar-refractivity contribution in [3.8, 4) is 5.88 Å².